The number of ether oxygens (including phenoxy) is 3. The second-order valence-electron chi connectivity index (χ2n) is 8.28. The Morgan fingerprint density at radius 3 is 2.55 bits per heavy atom. The number of aliphatic hydroxyl groups excluding tert-OH is 1. The van der Waals surface area contributed by atoms with E-state index < -0.39 is 17.7 Å². The van der Waals surface area contributed by atoms with Gasteiger partial charge in [0.25, 0.3) is 11.7 Å². The zero-order valence-electron chi connectivity index (χ0n) is 19.0. The van der Waals surface area contributed by atoms with Gasteiger partial charge in [-0.25, -0.2) is 0 Å². The molecule has 0 bridgehead atoms. The number of amides is 1. The molecule has 0 saturated carbocycles. The van der Waals surface area contributed by atoms with Crippen molar-refractivity contribution in [3.05, 3.63) is 59.2 Å². The Labute approximate surface area is 193 Å². The van der Waals surface area contributed by atoms with Gasteiger partial charge in [0, 0.05) is 18.7 Å². The van der Waals surface area contributed by atoms with Crippen LogP contribution >= 0.6 is 0 Å². The summed E-state index contributed by atoms with van der Waals surface area (Å²) in [5, 5.41) is 11.2. The van der Waals surface area contributed by atoms with Crippen LogP contribution < -0.4 is 14.2 Å². The zero-order chi connectivity index (χ0) is 23.5. The third kappa shape index (κ3) is 4.52. The topological polar surface area (TPSA) is 88.5 Å². The van der Waals surface area contributed by atoms with Crippen LogP contribution in [-0.4, -0.2) is 67.2 Å². The lowest BCUT2D eigenvalue weighted by atomic mass is 9.95. The molecule has 8 heteroatoms. The van der Waals surface area contributed by atoms with Crippen molar-refractivity contribution < 1.29 is 28.9 Å². The van der Waals surface area contributed by atoms with Gasteiger partial charge in [-0.3, -0.25) is 9.59 Å². The molecule has 0 aromatic heterocycles. The number of hydrogen-bond acceptors (Lipinski definition) is 7. The minimum absolute atomic E-state index is 0.0554. The third-order valence-electron chi connectivity index (χ3n) is 5.64. The molecule has 1 amide bonds. The summed E-state index contributed by atoms with van der Waals surface area (Å²) < 4.78 is 16.4. The summed E-state index contributed by atoms with van der Waals surface area (Å²) in [5.41, 5.74) is 1.16. The second-order valence-corrected chi connectivity index (χ2v) is 8.28. The molecule has 1 N–H and O–H groups in total. The van der Waals surface area contributed by atoms with Gasteiger partial charge in [-0.05, 0) is 56.4 Å². The van der Waals surface area contributed by atoms with E-state index in [1.807, 2.05) is 50.2 Å². The van der Waals surface area contributed by atoms with E-state index in [-0.39, 0.29) is 18.1 Å². The average molecular weight is 453 g/mol. The highest BCUT2D eigenvalue weighted by Crippen LogP contribution is 2.41. The number of carbonyl (C=O) groups excluding carboxylic acids is 2. The second kappa shape index (κ2) is 9.54. The van der Waals surface area contributed by atoms with Crippen LogP contribution in [0, 0.1) is 0 Å². The first-order valence-electron chi connectivity index (χ1n) is 11.0. The number of Topliss-reactive ketones (excluding diaryl/α,β-unsaturated/α-hetero) is 1. The Bertz CT molecular complexity index is 1080. The molecule has 1 saturated heterocycles. The Balaban J connectivity index is 1.76. The van der Waals surface area contributed by atoms with E-state index in [1.54, 1.807) is 18.2 Å². The van der Waals surface area contributed by atoms with Gasteiger partial charge in [0.15, 0.2) is 11.5 Å². The summed E-state index contributed by atoms with van der Waals surface area (Å²) in [6.45, 7) is 3.65. The molecule has 2 aromatic carbocycles. The van der Waals surface area contributed by atoms with Crippen molar-refractivity contribution in [1.29, 1.82) is 0 Å². The first-order valence-corrected chi connectivity index (χ1v) is 11.0. The number of aliphatic hydroxyl groups is 1. The Morgan fingerprint density at radius 2 is 1.85 bits per heavy atom. The van der Waals surface area contributed by atoms with E-state index in [2.05, 4.69) is 0 Å². The minimum atomic E-state index is -0.712. The van der Waals surface area contributed by atoms with Gasteiger partial charge < -0.3 is 29.1 Å². The molecular weight excluding hydrogens is 424 g/mol. The van der Waals surface area contributed by atoms with Crippen molar-refractivity contribution in [3.8, 4) is 17.2 Å². The summed E-state index contributed by atoms with van der Waals surface area (Å²) in [5.74, 6) is 0.180. The van der Waals surface area contributed by atoms with Crippen LogP contribution in [0.1, 0.15) is 30.5 Å². The summed E-state index contributed by atoms with van der Waals surface area (Å²) in [6, 6.07) is 11.5. The molecule has 1 atom stereocenters. The molecule has 0 spiro atoms. The van der Waals surface area contributed by atoms with Crippen molar-refractivity contribution in [2.75, 3.05) is 40.6 Å². The lowest BCUT2D eigenvalue weighted by Gasteiger charge is -2.26. The SMILES string of the molecule is CCCOc1ccc(C2/C(=C(/O)c3ccc4c(c3)OCO4)C(=O)C(=O)N2CCN(C)C)cc1. The first-order chi connectivity index (χ1) is 15.9. The number of hydrogen-bond donors (Lipinski definition) is 1. The van der Waals surface area contributed by atoms with Gasteiger partial charge >= 0.3 is 0 Å². The van der Waals surface area contributed by atoms with Crippen LogP contribution in [0.2, 0.25) is 0 Å². The molecule has 1 fully saturated rings. The Kier molecular flexibility index (Phi) is 6.55. The van der Waals surface area contributed by atoms with Gasteiger partial charge in [-0.1, -0.05) is 19.1 Å². The molecule has 2 aliphatic rings. The van der Waals surface area contributed by atoms with Crippen molar-refractivity contribution in [2.45, 2.75) is 19.4 Å². The molecule has 33 heavy (non-hydrogen) atoms. The number of benzene rings is 2. The quantitative estimate of drug-likeness (QED) is 0.374. The molecule has 2 heterocycles. The van der Waals surface area contributed by atoms with Crippen molar-refractivity contribution in [1.82, 2.24) is 9.80 Å². The number of nitrogens with zero attached hydrogens (tertiary/aromatic N) is 2. The van der Waals surface area contributed by atoms with Gasteiger partial charge in [0.05, 0.1) is 18.2 Å². The summed E-state index contributed by atoms with van der Waals surface area (Å²) >= 11 is 0. The first kappa shape index (κ1) is 22.7. The predicted molar refractivity (Wildman–Crippen MR) is 122 cm³/mol. The molecule has 2 aliphatic heterocycles. The molecule has 4 rings (SSSR count). The van der Waals surface area contributed by atoms with Gasteiger partial charge in [0.2, 0.25) is 6.79 Å². The standard InChI is InChI=1S/C25H28N2O6/c1-4-13-31-18-8-5-16(6-9-18)22-21(24(29)25(30)27(22)12-11-26(2)3)23(28)17-7-10-19-20(14-17)33-15-32-19/h5-10,14,22,28H,4,11-13,15H2,1-3H3/b23-21-. The van der Waals surface area contributed by atoms with Crippen LogP contribution in [0.3, 0.4) is 0 Å². The predicted octanol–water partition coefficient (Wildman–Crippen LogP) is 3.19. The maximum absolute atomic E-state index is 13.1. The van der Waals surface area contributed by atoms with Crippen LogP contribution in [0.4, 0.5) is 0 Å². The molecule has 174 valence electrons. The van der Waals surface area contributed by atoms with Crippen LogP contribution in [0.15, 0.2) is 48.0 Å². The maximum Gasteiger partial charge on any atom is 0.295 e. The van der Waals surface area contributed by atoms with Gasteiger partial charge in [-0.15, -0.1) is 0 Å². The number of rotatable bonds is 8. The highest BCUT2D eigenvalue weighted by atomic mass is 16.7. The normalized spacial score (nSPS) is 18.9. The van der Waals surface area contributed by atoms with Crippen molar-refractivity contribution in [2.24, 2.45) is 0 Å². The fourth-order valence-corrected chi connectivity index (χ4v) is 3.93. The van der Waals surface area contributed by atoms with Crippen LogP contribution in [0.25, 0.3) is 5.76 Å². The average Bonchev–Trinajstić information content (AvgIpc) is 3.38. The largest absolute Gasteiger partial charge is 0.507 e. The van der Waals surface area contributed by atoms with Crippen LogP contribution in [0.5, 0.6) is 17.2 Å². The highest BCUT2D eigenvalue weighted by molar-refractivity contribution is 6.46. The molecule has 1 unspecified atom stereocenters. The number of ketones is 1. The number of likely N-dealkylation sites (tertiary alicyclic amines) is 1. The maximum atomic E-state index is 13.1. The van der Waals surface area contributed by atoms with Crippen LogP contribution in [-0.2, 0) is 9.59 Å². The fourth-order valence-electron chi connectivity index (χ4n) is 3.93. The van der Waals surface area contributed by atoms with E-state index in [0.717, 1.165) is 12.0 Å². The Morgan fingerprint density at radius 1 is 1.12 bits per heavy atom. The zero-order valence-corrected chi connectivity index (χ0v) is 19.0. The van der Waals surface area contributed by atoms with Crippen molar-refractivity contribution in [3.63, 3.8) is 0 Å². The summed E-state index contributed by atoms with van der Waals surface area (Å²) in [4.78, 5) is 29.5. The van der Waals surface area contributed by atoms with E-state index in [0.29, 0.717) is 42.5 Å². The summed E-state index contributed by atoms with van der Waals surface area (Å²) in [6.07, 6.45) is 0.891. The van der Waals surface area contributed by atoms with Gasteiger partial charge in [-0.2, -0.15) is 0 Å². The number of carbonyl (C=O) groups is 2. The molecule has 0 radical (unpaired) electrons. The molecule has 2 aromatic rings. The number of fused-ring (bicyclic) bond motifs is 1. The molecule has 0 aliphatic carbocycles. The highest BCUT2D eigenvalue weighted by Gasteiger charge is 2.46. The Hall–Kier alpha value is -3.52. The molecular formula is C25H28N2O6. The lowest BCUT2D eigenvalue weighted by Crippen LogP contribution is -2.35. The van der Waals surface area contributed by atoms with Gasteiger partial charge in [0.1, 0.15) is 11.5 Å². The third-order valence-corrected chi connectivity index (χ3v) is 5.64. The van der Waals surface area contributed by atoms with E-state index in [4.69, 9.17) is 14.2 Å². The number of likely N-dealkylation sites (N-methyl/N-ethyl adjacent to an activating group) is 1. The summed E-state index contributed by atoms with van der Waals surface area (Å²) in [7, 11) is 3.80. The van der Waals surface area contributed by atoms with Crippen molar-refractivity contribution >= 4 is 17.4 Å². The lowest BCUT2D eigenvalue weighted by molar-refractivity contribution is -0.140. The van der Waals surface area contributed by atoms with E-state index in [1.165, 1.54) is 4.90 Å². The fraction of sp³-hybridized carbons (Fsp3) is 0.360. The minimum Gasteiger partial charge on any atom is -0.507 e. The van der Waals surface area contributed by atoms with E-state index in [9.17, 15) is 14.7 Å². The monoisotopic (exact) mass is 452 g/mol. The van der Waals surface area contributed by atoms with E-state index >= 15 is 0 Å². The smallest absolute Gasteiger partial charge is 0.295 e. The molecule has 8 nitrogen and oxygen atoms in total.